The van der Waals surface area contributed by atoms with Crippen LogP contribution >= 0.6 is 0 Å². The highest BCUT2D eigenvalue weighted by atomic mass is 19.1. The van der Waals surface area contributed by atoms with E-state index in [0.717, 1.165) is 12.1 Å². The van der Waals surface area contributed by atoms with E-state index in [1.807, 2.05) is 0 Å². The van der Waals surface area contributed by atoms with Crippen LogP contribution in [0.4, 0.5) is 8.78 Å². The summed E-state index contributed by atoms with van der Waals surface area (Å²) in [4.78, 5) is 0. The SMILES string of the molecule is Cc1cc(C=C(C#N)C#N)c(F)cc1F. The highest BCUT2D eigenvalue weighted by Gasteiger charge is 2.06. The van der Waals surface area contributed by atoms with Crippen molar-refractivity contribution in [1.82, 2.24) is 0 Å². The first-order valence-electron chi connectivity index (χ1n) is 4.06. The molecule has 15 heavy (non-hydrogen) atoms. The average Bonchev–Trinajstić information content (AvgIpc) is 2.21. The second-order valence-electron chi connectivity index (χ2n) is 2.90. The molecule has 2 nitrogen and oxygen atoms in total. The number of hydrogen-bond donors (Lipinski definition) is 0. The molecule has 4 heteroatoms. The van der Waals surface area contributed by atoms with Crippen molar-refractivity contribution in [3.05, 3.63) is 40.5 Å². The smallest absolute Gasteiger partial charge is 0.133 e. The van der Waals surface area contributed by atoms with Crippen molar-refractivity contribution in [3.63, 3.8) is 0 Å². The largest absolute Gasteiger partial charge is 0.207 e. The molecule has 1 aromatic carbocycles. The van der Waals surface area contributed by atoms with Crippen LogP contribution in [0.15, 0.2) is 17.7 Å². The number of halogens is 2. The quantitative estimate of drug-likeness (QED) is 0.660. The third-order valence-electron chi connectivity index (χ3n) is 1.82. The minimum atomic E-state index is -0.791. The highest BCUT2D eigenvalue weighted by molar-refractivity contribution is 5.62. The summed E-state index contributed by atoms with van der Waals surface area (Å²) in [5.41, 5.74) is 0.0739. The van der Waals surface area contributed by atoms with Crippen LogP contribution in [0.1, 0.15) is 11.1 Å². The maximum absolute atomic E-state index is 13.2. The molecule has 0 aliphatic heterocycles. The van der Waals surface area contributed by atoms with E-state index in [2.05, 4.69) is 0 Å². The molecular formula is C11H6F2N2. The standard InChI is InChI=1S/C11H6F2N2/c1-7-2-9(3-8(5-14)6-15)11(13)4-10(7)12/h2-4H,1H3. The van der Waals surface area contributed by atoms with Gasteiger partial charge in [0.25, 0.3) is 0 Å². The summed E-state index contributed by atoms with van der Waals surface area (Å²) in [6.07, 6.45) is 1.09. The first-order valence-corrected chi connectivity index (χ1v) is 4.06. The molecule has 0 bridgehead atoms. The molecule has 1 aromatic rings. The van der Waals surface area contributed by atoms with Crippen molar-refractivity contribution < 1.29 is 8.78 Å². The molecule has 0 spiro atoms. The Hall–Kier alpha value is -2.20. The number of allylic oxidation sites excluding steroid dienone is 1. The van der Waals surface area contributed by atoms with Crippen LogP contribution in [0.3, 0.4) is 0 Å². The molecule has 0 saturated heterocycles. The first-order chi connectivity index (χ1) is 7.08. The van der Waals surface area contributed by atoms with Crippen LogP contribution in [0.5, 0.6) is 0 Å². The fraction of sp³-hybridized carbons (Fsp3) is 0.0909. The number of hydrogen-bond acceptors (Lipinski definition) is 2. The van der Waals surface area contributed by atoms with Gasteiger partial charge in [0.05, 0.1) is 0 Å². The Kier molecular flexibility index (Phi) is 3.15. The molecule has 0 aliphatic carbocycles. The van der Waals surface area contributed by atoms with Gasteiger partial charge < -0.3 is 0 Å². The van der Waals surface area contributed by atoms with Crippen molar-refractivity contribution in [1.29, 1.82) is 10.5 Å². The summed E-state index contributed by atoms with van der Waals surface area (Å²) in [5.74, 6) is -1.44. The van der Waals surface area contributed by atoms with E-state index in [-0.39, 0.29) is 16.7 Å². The Balaban J connectivity index is 3.30. The Morgan fingerprint density at radius 1 is 1.20 bits per heavy atom. The Morgan fingerprint density at radius 3 is 2.33 bits per heavy atom. The molecule has 74 valence electrons. The molecule has 0 radical (unpaired) electrons. The van der Waals surface area contributed by atoms with Crippen molar-refractivity contribution in [2.75, 3.05) is 0 Å². The minimum absolute atomic E-state index is 0.0343. The van der Waals surface area contributed by atoms with Gasteiger partial charge in [0, 0.05) is 11.6 Å². The number of rotatable bonds is 1. The van der Waals surface area contributed by atoms with Gasteiger partial charge >= 0.3 is 0 Å². The van der Waals surface area contributed by atoms with Gasteiger partial charge in [-0.25, -0.2) is 8.78 Å². The molecule has 0 saturated carbocycles. The van der Waals surface area contributed by atoms with Crippen LogP contribution in [-0.4, -0.2) is 0 Å². The predicted octanol–water partition coefficient (Wildman–Crippen LogP) is 2.70. The molecule has 0 amide bonds. The Labute approximate surface area is 85.7 Å². The Bertz CT molecular complexity index is 489. The lowest BCUT2D eigenvalue weighted by Gasteiger charge is -2.00. The van der Waals surface area contributed by atoms with E-state index in [1.165, 1.54) is 13.0 Å². The average molecular weight is 204 g/mol. The van der Waals surface area contributed by atoms with Gasteiger partial charge in [-0.05, 0) is 24.6 Å². The summed E-state index contributed by atoms with van der Waals surface area (Å²) in [6.45, 7) is 1.48. The Morgan fingerprint density at radius 2 is 1.80 bits per heavy atom. The van der Waals surface area contributed by atoms with Gasteiger partial charge in [-0.15, -0.1) is 0 Å². The maximum Gasteiger partial charge on any atom is 0.133 e. The number of aryl methyl sites for hydroxylation is 1. The monoisotopic (exact) mass is 204 g/mol. The molecule has 0 unspecified atom stereocenters. The molecular weight excluding hydrogens is 198 g/mol. The third-order valence-corrected chi connectivity index (χ3v) is 1.82. The minimum Gasteiger partial charge on any atom is -0.207 e. The third kappa shape index (κ3) is 2.38. The second kappa shape index (κ2) is 4.34. The molecule has 0 N–H and O–H groups in total. The normalized spacial score (nSPS) is 8.87. The zero-order valence-corrected chi connectivity index (χ0v) is 7.88. The fourth-order valence-electron chi connectivity index (χ4n) is 1.04. The molecule has 1 rings (SSSR count). The summed E-state index contributed by atoms with van der Waals surface area (Å²) in [5, 5.41) is 16.9. The molecule has 0 fully saturated rings. The lowest BCUT2D eigenvalue weighted by Crippen LogP contribution is -1.90. The van der Waals surface area contributed by atoms with E-state index in [0.29, 0.717) is 0 Å². The van der Waals surface area contributed by atoms with Crippen molar-refractivity contribution in [2.45, 2.75) is 6.92 Å². The maximum atomic E-state index is 13.2. The van der Waals surface area contributed by atoms with Crippen molar-refractivity contribution in [3.8, 4) is 12.1 Å². The zero-order valence-electron chi connectivity index (χ0n) is 7.88. The topological polar surface area (TPSA) is 47.6 Å². The van der Waals surface area contributed by atoms with E-state index < -0.39 is 11.6 Å². The first kappa shape index (κ1) is 10.9. The van der Waals surface area contributed by atoms with Gasteiger partial charge in [-0.1, -0.05) is 0 Å². The van der Waals surface area contributed by atoms with Gasteiger partial charge in [-0.3, -0.25) is 0 Å². The summed E-state index contributed by atoms with van der Waals surface area (Å²) in [6, 6.07) is 5.18. The van der Waals surface area contributed by atoms with Gasteiger partial charge in [-0.2, -0.15) is 10.5 Å². The zero-order chi connectivity index (χ0) is 11.4. The molecule has 0 aromatic heterocycles. The molecule has 0 heterocycles. The summed E-state index contributed by atoms with van der Waals surface area (Å²) in [7, 11) is 0. The van der Waals surface area contributed by atoms with Crippen LogP contribution in [0, 0.1) is 41.2 Å². The van der Waals surface area contributed by atoms with Gasteiger partial charge in [0.1, 0.15) is 29.3 Å². The van der Waals surface area contributed by atoms with E-state index >= 15 is 0 Å². The van der Waals surface area contributed by atoms with Crippen LogP contribution in [-0.2, 0) is 0 Å². The summed E-state index contributed by atoms with van der Waals surface area (Å²) < 4.78 is 26.0. The lowest BCUT2D eigenvalue weighted by atomic mass is 10.1. The van der Waals surface area contributed by atoms with Gasteiger partial charge in [0.15, 0.2) is 0 Å². The predicted molar refractivity (Wildman–Crippen MR) is 50.3 cm³/mol. The number of nitrogens with zero attached hydrogens (tertiary/aromatic N) is 2. The van der Waals surface area contributed by atoms with Crippen LogP contribution in [0.2, 0.25) is 0 Å². The molecule has 0 atom stereocenters. The fourth-order valence-corrected chi connectivity index (χ4v) is 1.04. The van der Waals surface area contributed by atoms with Gasteiger partial charge in [0.2, 0.25) is 0 Å². The van der Waals surface area contributed by atoms with Crippen LogP contribution in [0.25, 0.3) is 6.08 Å². The van der Waals surface area contributed by atoms with Crippen molar-refractivity contribution in [2.24, 2.45) is 0 Å². The summed E-state index contributed by atoms with van der Waals surface area (Å²) >= 11 is 0. The van der Waals surface area contributed by atoms with E-state index in [9.17, 15) is 8.78 Å². The lowest BCUT2D eigenvalue weighted by molar-refractivity contribution is 0.576. The van der Waals surface area contributed by atoms with Crippen molar-refractivity contribution >= 4 is 6.08 Å². The number of nitriles is 2. The second-order valence-corrected chi connectivity index (χ2v) is 2.90. The van der Waals surface area contributed by atoms with E-state index in [4.69, 9.17) is 10.5 Å². The molecule has 0 aliphatic rings. The van der Waals surface area contributed by atoms with E-state index in [1.54, 1.807) is 12.1 Å². The highest BCUT2D eigenvalue weighted by Crippen LogP contribution is 2.16. The van der Waals surface area contributed by atoms with Crippen LogP contribution < -0.4 is 0 Å². The number of benzene rings is 1.